The molecule has 0 aromatic heterocycles. The fraction of sp³-hybridized carbons (Fsp3) is 0.636. The second-order valence-electron chi connectivity index (χ2n) is 11.4. The minimum atomic E-state index is -0.514. The zero-order valence-electron chi connectivity index (χ0n) is 26.9. The van der Waals surface area contributed by atoms with Gasteiger partial charge in [-0.25, -0.2) is 0 Å². The summed E-state index contributed by atoms with van der Waals surface area (Å²) >= 11 is 0. The molecule has 0 aliphatic carbocycles. The van der Waals surface area contributed by atoms with Crippen molar-refractivity contribution in [2.24, 2.45) is 0 Å². The van der Waals surface area contributed by atoms with Gasteiger partial charge in [0.15, 0.2) is 0 Å². The Morgan fingerprint density at radius 3 is 1.21 bits per heavy atom. The van der Waals surface area contributed by atoms with E-state index in [0.717, 1.165) is 76.9 Å². The molecule has 0 amide bonds. The van der Waals surface area contributed by atoms with Gasteiger partial charge in [-0.3, -0.25) is 0 Å². The third-order valence-electron chi connectivity index (χ3n) is 7.41. The summed E-state index contributed by atoms with van der Waals surface area (Å²) in [6.45, 7) is 13.8. The first kappa shape index (κ1) is 36.9. The van der Waals surface area contributed by atoms with Crippen molar-refractivity contribution in [1.82, 2.24) is 31.9 Å². The van der Waals surface area contributed by atoms with E-state index in [1.54, 1.807) is 0 Å². The van der Waals surface area contributed by atoms with Crippen LogP contribution in [0.4, 0.5) is 0 Å². The van der Waals surface area contributed by atoms with Crippen molar-refractivity contribution in [3.8, 4) is 11.5 Å². The van der Waals surface area contributed by atoms with Gasteiger partial charge in [0.25, 0.3) is 0 Å². The van der Waals surface area contributed by atoms with E-state index in [1.807, 2.05) is 38.4 Å². The molecule has 0 aliphatic heterocycles. The van der Waals surface area contributed by atoms with E-state index in [-0.39, 0.29) is 18.6 Å². The summed E-state index contributed by atoms with van der Waals surface area (Å²) in [6, 6.07) is 16.2. The van der Waals surface area contributed by atoms with Gasteiger partial charge in [-0.05, 0) is 75.4 Å². The van der Waals surface area contributed by atoms with Crippen LogP contribution in [0.3, 0.4) is 0 Å². The van der Waals surface area contributed by atoms with Crippen molar-refractivity contribution in [3.05, 3.63) is 59.7 Å². The Hall–Kier alpha value is -2.28. The molecule has 2 aromatic carbocycles. The second kappa shape index (κ2) is 22.3. The molecule has 0 spiro atoms. The number of nitrogens with one attached hydrogen (secondary N) is 6. The molecule has 2 atom stereocenters. The highest BCUT2D eigenvalue weighted by Gasteiger charge is 2.23. The smallest absolute Gasteiger partial charge is 0.119 e. The lowest BCUT2D eigenvalue weighted by Gasteiger charge is -2.26. The minimum Gasteiger partial charge on any atom is -0.491 e. The van der Waals surface area contributed by atoms with Crippen LogP contribution in [0.5, 0.6) is 11.5 Å². The maximum absolute atomic E-state index is 10.3. The fourth-order valence-electron chi connectivity index (χ4n) is 4.47. The van der Waals surface area contributed by atoms with E-state index >= 15 is 0 Å². The molecule has 2 unspecified atom stereocenters. The SMILES string of the molecule is CNCCNCCNCCC(O)COc1ccc(C(C)(C)c2ccc(OCC(O)CCNCCNCCNC)cc2)cc1. The standard InChI is InChI=1S/C33H58N6O4/c1-33(2,27-5-9-31(10-6-27)42-25-29(40)13-15-36-21-23-38-19-17-34-3)28-7-11-32(12-8-28)43-26-30(41)14-16-37-22-24-39-20-18-35-4/h5-12,29-30,34-41H,13-26H2,1-4H3. The highest BCUT2D eigenvalue weighted by atomic mass is 16.5. The Bertz CT molecular complexity index is 870. The number of likely N-dealkylation sites (N-methyl/N-ethyl adjacent to an activating group) is 2. The Morgan fingerprint density at radius 2 is 0.860 bits per heavy atom. The van der Waals surface area contributed by atoms with Crippen LogP contribution in [0.1, 0.15) is 37.8 Å². The van der Waals surface area contributed by atoms with Crippen LogP contribution in [0, 0.1) is 0 Å². The quantitative estimate of drug-likeness (QED) is 0.0741. The van der Waals surface area contributed by atoms with Crippen LogP contribution < -0.4 is 41.4 Å². The van der Waals surface area contributed by atoms with Crippen LogP contribution >= 0.6 is 0 Å². The van der Waals surface area contributed by atoms with Gasteiger partial charge in [0.05, 0.1) is 12.2 Å². The Morgan fingerprint density at radius 1 is 0.535 bits per heavy atom. The zero-order valence-corrected chi connectivity index (χ0v) is 26.9. The monoisotopic (exact) mass is 602 g/mol. The molecule has 0 fully saturated rings. The molecule has 10 nitrogen and oxygen atoms in total. The molecular formula is C33H58N6O4. The van der Waals surface area contributed by atoms with Crippen LogP contribution in [0.2, 0.25) is 0 Å². The first-order valence-electron chi connectivity index (χ1n) is 15.8. The van der Waals surface area contributed by atoms with E-state index in [1.165, 1.54) is 11.1 Å². The van der Waals surface area contributed by atoms with Crippen molar-refractivity contribution < 1.29 is 19.7 Å². The molecule has 2 aromatic rings. The van der Waals surface area contributed by atoms with Crippen LogP contribution in [-0.2, 0) is 5.41 Å². The molecule has 0 saturated heterocycles. The summed E-state index contributed by atoms with van der Waals surface area (Å²) in [5.74, 6) is 1.50. The summed E-state index contributed by atoms with van der Waals surface area (Å²) in [6.07, 6.45) is 0.264. The van der Waals surface area contributed by atoms with Crippen LogP contribution in [0.15, 0.2) is 48.5 Å². The van der Waals surface area contributed by atoms with Gasteiger partial charge in [-0.1, -0.05) is 38.1 Å². The van der Waals surface area contributed by atoms with Gasteiger partial charge >= 0.3 is 0 Å². The van der Waals surface area contributed by atoms with E-state index < -0.39 is 12.2 Å². The van der Waals surface area contributed by atoms with Gasteiger partial charge < -0.3 is 51.6 Å². The number of aliphatic hydroxyl groups is 2. The summed E-state index contributed by atoms with van der Waals surface area (Å²) in [5, 5.41) is 40.1. The van der Waals surface area contributed by atoms with Gasteiger partial charge in [-0.15, -0.1) is 0 Å². The number of hydrogen-bond donors (Lipinski definition) is 8. The van der Waals surface area contributed by atoms with E-state index in [2.05, 4.69) is 70.0 Å². The lowest BCUT2D eigenvalue weighted by Crippen LogP contribution is -2.33. The zero-order chi connectivity index (χ0) is 31.2. The predicted octanol–water partition coefficient (Wildman–Crippen LogP) is 1.07. The molecule has 0 aliphatic rings. The Labute approximate surface area is 259 Å². The molecule has 0 bridgehead atoms. The van der Waals surface area contributed by atoms with Crippen molar-refractivity contribution in [2.45, 2.75) is 44.3 Å². The Kier molecular flexibility index (Phi) is 19.1. The average molecular weight is 603 g/mol. The van der Waals surface area contributed by atoms with Gasteiger partial charge in [0.2, 0.25) is 0 Å². The largest absolute Gasteiger partial charge is 0.491 e. The van der Waals surface area contributed by atoms with Gasteiger partial charge in [0.1, 0.15) is 24.7 Å². The Balaban J connectivity index is 1.67. The maximum atomic E-state index is 10.3. The minimum absolute atomic E-state index is 0.211. The summed E-state index contributed by atoms with van der Waals surface area (Å²) in [7, 11) is 3.89. The summed E-state index contributed by atoms with van der Waals surface area (Å²) < 4.78 is 11.7. The molecule has 244 valence electrons. The van der Waals surface area contributed by atoms with Crippen LogP contribution in [-0.4, -0.2) is 115 Å². The second-order valence-corrected chi connectivity index (χ2v) is 11.4. The highest BCUT2D eigenvalue weighted by Crippen LogP contribution is 2.33. The third kappa shape index (κ3) is 15.8. The van der Waals surface area contributed by atoms with Crippen molar-refractivity contribution in [1.29, 1.82) is 0 Å². The molecule has 0 radical (unpaired) electrons. The van der Waals surface area contributed by atoms with E-state index in [0.29, 0.717) is 12.8 Å². The van der Waals surface area contributed by atoms with Crippen molar-refractivity contribution >= 4 is 0 Å². The molecule has 0 saturated carbocycles. The molecule has 0 heterocycles. The maximum Gasteiger partial charge on any atom is 0.119 e. The van der Waals surface area contributed by atoms with Gasteiger partial charge in [-0.2, -0.15) is 0 Å². The molecule has 43 heavy (non-hydrogen) atoms. The average Bonchev–Trinajstić information content (AvgIpc) is 3.02. The van der Waals surface area contributed by atoms with Crippen molar-refractivity contribution in [3.63, 3.8) is 0 Å². The number of benzene rings is 2. The number of ether oxygens (including phenoxy) is 2. The fourth-order valence-corrected chi connectivity index (χ4v) is 4.47. The number of aliphatic hydroxyl groups excluding tert-OH is 2. The molecule has 2 rings (SSSR count). The number of hydrogen-bond acceptors (Lipinski definition) is 10. The first-order valence-corrected chi connectivity index (χ1v) is 15.8. The van der Waals surface area contributed by atoms with Gasteiger partial charge in [0, 0.05) is 57.8 Å². The summed E-state index contributed by atoms with van der Waals surface area (Å²) in [5.41, 5.74) is 2.13. The first-order chi connectivity index (χ1) is 20.9. The predicted molar refractivity (Wildman–Crippen MR) is 177 cm³/mol. The molecule has 10 heteroatoms. The third-order valence-corrected chi connectivity index (χ3v) is 7.41. The topological polar surface area (TPSA) is 131 Å². The highest BCUT2D eigenvalue weighted by molar-refractivity contribution is 5.41. The lowest BCUT2D eigenvalue weighted by molar-refractivity contribution is 0.0999. The van der Waals surface area contributed by atoms with Crippen molar-refractivity contribution in [2.75, 3.05) is 92.8 Å². The molecular weight excluding hydrogens is 544 g/mol. The molecule has 8 N–H and O–H groups in total. The normalized spacial score (nSPS) is 13.2. The van der Waals surface area contributed by atoms with E-state index in [4.69, 9.17) is 9.47 Å². The lowest BCUT2D eigenvalue weighted by atomic mass is 9.78. The van der Waals surface area contributed by atoms with Crippen LogP contribution in [0.25, 0.3) is 0 Å². The van der Waals surface area contributed by atoms with E-state index in [9.17, 15) is 10.2 Å². The number of rotatable bonds is 26. The summed E-state index contributed by atoms with van der Waals surface area (Å²) in [4.78, 5) is 0.